The molecule has 0 aromatic carbocycles. The van der Waals surface area contributed by atoms with Crippen LogP contribution in [0.1, 0.15) is 13.8 Å². The molecule has 1 saturated heterocycles. The van der Waals surface area contributed by atoms with E-state index in [9.17, 15) is 4.79 Å². The van der Waals surface area contributed by atoms with Crippen molar-refractivity contribution < 1.29 is 9.53 Å². The molecule has 2 heteroatoms. The fraction of sp³-hybridized carbons (Fsp3) is 0.667. The Balaban J connectivity index is 2.29. The minimum atomic E-state index is 0.0556. The Morgan fingerprint density at radius 1 is 1.18 bits per heavy atom. The van der Waals surface area contributed by atoms with E-state index in [2.05, 4.69) is 0 Å². The summed E-state index contributed by atoms with van der Waals surface area (Å²) in [6.45, 7) is 3.88. The van der Waals surface area contributed by atoms with Crippen molar-refractivity contribution in [3.63, 3.8) is 0 Å². The third-order valence-electron chi connectivity index (χ3n) is 2.69. The van der Waals surface area contributed by atoms with E-state index in [1.165, 1.54) is 0 Å². The SMILES string of the molecule is C[C@H]1C(=O)[C@H](C)[C@H]2C=C[C@@H]1O2. The third kappa shape index (κ3) is 0.857. The van der Waals surface area contributed by atoms with Gasteiger partial charge >= 0.3 is 0 Å². The van der Waals surface area contributed by atoms with Gasteiger partial charge in [0.05, 0.1) is 12.2 Å². The van der Waals surface area contributed by atoms with Crippen molar-refractivity contribution in [2.24, 2.45) is 11.8 Å². The lowest BCUT2D eigenvalue weighted by Gasteiger charge is -2.30. The third-order valence-corrected chi connectivity index (χ3v) is 2.69. The van der Waals surface area contributed by atoms with Gasteiger partial charge in [0.25, 0.3) is 0 Å². The van der Waals surface area contributed by atoms with Gasteiger partial charge in [-0.2, -0.15) is 0 Å². The first-order chi connectivity index (χ1) is 5.20. The number of hydrogen-bond acceptors (Lipinski definition) is 2. The van der Waals surface area contributed by atoms with E-state index in [0.717, 1.165) is 0 Å². The Labute approximate surface area is 66.2 Å². The molecule has 0 saturated carbocycles. The molecule has 2 bridgehead atoms. The molecule has 0 aromatic rings. The molecule has 0 spiro atoms. The zero-order chi connectivity index (χ0) is 8.01. The van der Waals surface area contributed by atoms with Gasteiger partial charge < -0.3 is 4.74 Å². The normalized spacial score (nSPS) is 48.4. The Bertz CT molecular complexity index is 200. The van der Waals surface area contributed by atoms with E-state index in [4.69, 9.17) is 4.74 Å². The van der Waals surface area contributed by atoms with Gasteiger partial charge in [0.15, 0.2) is 0 Å². The zero-order valence-electron chi connectivity index (χ0n) is 6.78. The molecule has 2 aliphatic heterocycles. The number of carbonyl (C=O) groups is 1. The molecule has 2 aliphatic rings. The summed E-state index contributed by atoms with van der Waals surface area (Å²) in [5.41, 5.74) is 0. The van der Waals surface area contributed by atoms with Crippen molar-refractivity contribution in [3.8, 4) is 0 Å². The number of Topliss-reactive ketones (excluding diaryl/α,β-unsaturated/α-hetero) is 1. The number of ketones is 1. The van der Waals surface area contributed by atoms with Crippen molar-refractivity contribution >= 4 is 5.78 Å². The van der Waals surface area contributed by atoms with Crippen LogP contribution in [0.2, 0.25) is 0 Å². The minimum Gasteiger partial charge on any atom is -0.365 e. The summed E-state index contributed by atoms with van der Waals surface area (Å²) < 4.78 is 5.56. The molecule has 11 heavy (non-hydrogen) atoms. The molecule has 0 radical (unpaired) electrons. The monoisotopic (exact) mass is 152 g/mol. The van der Waals surface area contributed by atoms with E-state index in [-0.39, 0.29) is 24.0 Å². The summed E-state index contributed by atoms with van der Waals surface area (Å²) >= 11 is 0. The van der Waals surface area contributed by atoms with Crippen molar-refractivity contribution in [1.82, 2.24) is 0 Å². The summed E-state index contributed by atoms with van der Waals surface area (Å²) in [7, 11) is 0. The second-order valence-corrected chi connectivity index (χ2v) is 3.43. The molecule has 0 N–H and O–H groups in total. The predicted octanol–water partition coefficient (Wildman–Crippen LogP) is 1.16. The summed E-state index contributed by atoms with van der Waals surface area (Å²) in [5, 5.41) is 0. The fourth-order valence-corrected chi connectivity index (χ4v) is 1.80. The largest absolute Gasteiger partial charge is 0.365 e. The number of hydrogen-bond donors (Lipinski definition) is 0. The Hall–Kier alpha value is -0.630. The molecule has 60 valence electrons. The summed E-state index contributed by atoms with van der Waals surface area (Å²) in [4.78, 5) is 11.5. The molecule has 4 atom stereocenters. The Morgan fingerprint density at radius 3 is 2.09 bits per heavy atom. The number of ether oxygens (including phenoxy) is 1. The van der Waals surface area contributed by atoms with Crippen LogP contribution in [-0.2, 0) is 9.53 Å². The van der Waals surface area contributed by atoms with Crippen molar-refractivity contribution in [3.05, 3.63) is 12.2 Å². The Morgan fingerprint density at radius 2 is 1.64 bits per heavy atom. The van der Waals surface area contributed by atoms with Gasteiger partial charge in [-0.25, -0.2) is 0 Å². The lowest BCUT2D eigenvalue weighted by atomic mass is 9.88. The van der Waals surface area contributed by atoms with E-state index >= 15 is 0 Å². The maximum absolute atomic E-state index is 11.5. The van der Waals surface area contributed by atoms with E-state index in [1.54, 1.807) is 0 Å². The van der Waals surface area contributed by atoms with Gasteiger partial charge in [0.1, 0.15) is 5.78 Å². The maximum Gasteiger partial charge on any atom is 0.144 e. The number of rotatable bonds is 0. The van der Waals surface area contributed by atoms with E-state index in [1.807, 2.05) is 26.0 Å². The van der Waals surface area contributed by atoms with Crippen LogP contribution in [0.5, 0.6) is 0 Å². The van der Waals surface area contributed by atoms with Crippen molar-refractivity contribution in [1.29, 1.82) is 0 Å². The first-order valence-electron chi connectivity index (χ1n) is 4.07. The highest BCUT2D eigenvalue weighted by Gasteiger charge is 2.41. The first kappa shape index (κ1) is 7.04. The summed E-state index contributed by atoms with van der Waals surface area (Å²) in [5.74, 6) is 0.455. The second kappa shape index (κ2) is 2.18. The fourth-order valence-electron chi connectivity index (χ4n) is 1.80. The quantitative estimate of drug-likeness (QED) is 0.487. The average molecular weight is 152 g/mol. The second-order valence-electron chi connectivity index (χ2n) is 3.43. The summed E-state index contributed by atoms with van der Waals surface area (Å²) in [6, 6.07) is 0. The molecular formula is C9H12O2. The lowest BCUT2D eigenvalue weighted by molar-refractivity contribution is -0.142. The molecule has 2 nitrogen and oxygen atoms in total. The van der Waals surface area contributed by atoms with Crippen molar-refractivity contribution in [2.75, 3.05) is 0 Å². The van der Waals surface area contributed by atoms with Crippen LogP contribution in [0.25, 0.3) is 0 Å². The van der Waals surface area contributed by atoms with Gasteiger partial charge in [-0.3, -0.25) is 4.79 Å². The van der Waals surface area contributed by atoms with E-state index < -0.39 is 0 Å². The van der Waals surface area contributed by atoms with Crippen LogP contribution < -0.4 is 0 Å². The molecule has 0 amide bonds. The van der Waals surface area contributed by atoms with E-state index in [0.29, 0.717) is 5.78 Å². The molecule has 2 heterocycles. The van der Waals surface area contributed by atoms with Crippen LogP contribution in [0.3, 0.4) is 0 Å². The molecule has 0 unspecified atom stereocenters. The molecule has 0 aliphatic carbocycles. The molecular weight excluding hydrogens is 140 g/mol. The van der Waals surface area contributed by atoms with Gasteiger partial charge in [0, 0.05) is 11.8 Å². The molecule has 0 aromatic heterocycles. The van der Waals surface area contributed by atoms with Crippen LogP contribution >= 0.6 is 0 Å². The van der Waals surface area contributed by atoms with Gasteiger partial charge in [-0.05, 0) is 0 Å². The van der Waals surface area contributed by atoms with Crippen LogP contribution in [0, 0.1) is 11.8 Å². The summed E-state index contributed by atoms with van der Waals surface area (Å²) in [6.07, 6.45) is 4.14. The van der Waals surface area contributed by atoms with Crippen LogP contribution in [0.15, 0.2) is 12.2 Å². The molecule has 1 fully saturated rings. The standard InChI is InChI=1S/C9H12O2/c1-5-7-3-4-8(11-7)6(2)9(5)10/h3-8H,1-2H3/t5-,6-,7-,8+/m1/s1. The zero-order valence-corrected chi connectivity index (χ0v) is 6.78. The highest BCUT2D eigenvalue weighted by Crippen LogP contribution is 2.32. The highest BCUT2D eigenvalue weighted by molar-refractivity contribution is 5.85. The minimum absolute atomic E-state index is 0.0556. The molecule has 2 rings (SSSR count). The lowest BCUT2D eigenvalue weighted by Crippen LogP contribution is -2.40. The Kier molecular flexibility index (Phi) is 1.39. The number of carbonyl (C=O) groups excluding carboxylic acids is 1. The maximum atomic E-state index is 11.5. The van der Waals surface area contributed by atoms with Crippen LogP contribution in [-0.4, -0.2) is 18.0 Å². The van der Waals surface area contributed by atoms with Crippen molar-refractivity contribution in [2.45, 2.75) is 26.1 Å². The van der Waals surface area contributed by atoms with Crippen LogP contribution in [0.4, 0.5) is 0 Å². The van der Waals surface area contributed by atoms with Gasteiger partial charge in [-0.15, -0.1) is 0 Å². The topological polar surface area (TPSA) is 26.3 Å². The van der Waals surface area contributed by atoms with Gasteiger partial charge in [-0.1, -0.05) is 26.0 Å². The first-order valence-corrected chi connectivity index (χ1v) is 4.07. The smallest absolute Gasteiger partial charge is 0.144 e. The number of fused-ring (bicyclic) bond motifs is 2. The average Bonchev–Trinajstić information content (AvgIpc) is 2.44. The predicted molar refractivity (Wildman–Crippen MR) is 41.1 cm³/mol. The van der Waals surface area contributed by atoms with Gasteiger partial charge in [0.2, 0.25) is 0 Å². The highest BCUT2D eigenvalue weighted by atomic mass is 16.5.